The van der Waals surface area contributed by atoms with Crippen LogP contribution in [0.2, 0.25) is 0 Å². The van der Waals surface area contributed by atoms with Gasteiger partial charge in [0.25, 0.3) is 0 Å². The zero-order chi connectivity index (χ0) is 12.3. The number of amides is 1. The van der Waals surface area contributed by atoms with Crippen molar-refractivity contribution in [2.24, 2.45) is 0 Å². The molecule has 17 heavy (non-hydrogen) atoms. The molecule has 1 amide bonds. The Bertz CT molecular complexity index is 413. The molecule has 1 aromatic rings. The molecule has 0 radical (unpaired) electrons. The highest BCUT2D eigenvalue weighted by molar-refractivity contribution is 5.80. The number of carbonyl (C=O) groups excluding carboxylic acids is 1. The Kier molecular flexibility index (Phi) is 3.52. The molecule has 0 spiro atoms. The van der Waals surface area contributed by atoms with Crippen LogP contribution in [-0.4, -0.2) is 26.2 Å². The molecule has 4 nitrogen and oxygen atoms in total. The minimum absolute atomic E-state index is 0.0408. The van der Waals surface area contributed by atoms with Crippen molar-refractivity contribution in [1.29, 1.82) is 0 Å². The lowest BCUT2D eigenvalue weighted by Crippen LogP contribution is -2.27. The van der Waals surface area contributed by atoms with Gasteiger partial charge < -0.3 is 14.8 Å². The number of hydrogen-bond acceptors (Lipinski definition) is 3. The molecule has 1 aromatic carbocycles. The first-order valence-electron chi connectivity index (χ1n) is 5.73. The van der Waals surface area contributed by atoms with Crippen molar-refractivity contribution in [1.82, 2.24) is 5.32 Å². The van der Waals surface area contributed by atoms with Crippen molar-refractivity contribution < 1.29 is 14.3 Å². The van der Waals surface area contributed by atoms with Gasteiger partial charge >= 0.3 is 0 Å². The average Bonchev–Trinajstić information content (AvgIpc) is 3.12. The normalized spacial score (nSPS) is 14.2. The Morgan fingerprint density at radius 2 is 2.12 bits per heavy atom. The second-order valence-electron chi connectivity index (χ2n) is 4.20. The molecular formula is C13H17NO3. The van der Waals surface area contributed by atoms with Crippen molar-refractivity contribution in [3.63, 3.8) is 0 Å². The third-order valence-electron chi connectivity index (χ3n) is 2.78. The molecule has 0 aromatic heterocycles. The maximum atomic E-state index is 11.7. The van der Waals surface area contributed by atoms with E-state index >= 15 is 0 Å². The molecule has 1 aliphatic rings. The first-order chi connectivity index (χ1) is 8.22. The van der Waals surface area contributed by atoms with Gasteiger partial charge in [-0.05, 0) is 31.0 Å². The molecule has 2 rings (SSSR count). The Labute approximate surface area is 101 Å². The molecular weight excluding hydrogens is 218 g/mol. The molecule has 1 N–H and O–H groups in total. The Morgan fingerprint density at radius 3 is 2.71 bits per heavy atom. The summed E-state index contributed by atoms with van der Waals surface area (Å²) in [5, 5.41) is 2.96. The molecule has 0 atom stereocenters. The second kappa shape index (κ2) is 5.08. The molecule has 0 unspecified atom stereocenters. The summed E-state index contributed by atoms with van der Waals surface area (Å²) in [5.74, 6) is 1.50. The highest BCUT2D eigenvalue weighted by atomic mass is 16.5. The van der Waals surface area contributed by atoms with Crippen LogP contribution in [0.1, 0.15) is 18.4 Å². The first kappa shape index (κ1) is 11.8. The van der Waals surface area contributed by atoms with Gasteiger partial charge in [-0.1, -0.05) is 0 Å². The van der Waals surface area contributed by atoms with Crippen LogP contribution in [0.25, 0.3) is 0 Å². The number of benzene rings is 1. The van der Waals surface area contributed by atoms with Crippen LogP contribution < -0.4 is 14.8 Å². The summed E-state index contributed by atoms with van der Waals surface area (Å²) in [7, 11) is 3.21. The van der Waals surface area contributed by atoms with Crippen LogP contribution in [0.3, 0.4) is 0 Å². The van der Waals surface area contributed by atoms with Gasteiger partial charge in [-0.2, -0.15) is 0 Å². The van der Waals surface area contributed by atoms with E-state index in [9.17, 15) is 4.79 Å². The summed E-state index contributed by atoms with van der Waals surface area (Å²) in [6.07, 6.45) is 2.53. The van der Waals surface area contributed by atoms with E-state index in [4.69, 9.17) is 9.47 Å². The maximum absolute atomic E-state index is 11.7. The third-order valence-corrected chi connectivity index (χ3v) is 2.78. The molecule has 4 heteroatoms. The standard InChI is InChI=1S/C13H17NO3/c1-16-11-5-6-12(17-2)9(7-11)8-13(15)14-10-3-4-10/h5-7,10H,3-4,8H2,1-2H3,(H,14,15). The van der Waals surface area contributed by atoms with E-state index in [1.165, 1.54) is 0 Å². The Morgan fingerprint density at radius 1 is 1.35 bits per heavy atom. The number of nitrogens with one attached hydrogen (secondary N) is 1. The fourth-order valence-corrected chi connectivity index (χ4v) is 1.70. The van der Waals surface area contributed by atoms with E-state index in [1.807, 2.05) is 18.2 Å². The molecule has 0 bridgehead atoms. The van der Waals surface area contributed by atoms with Gasteiger partial charge in [0.1, 0.15) is 11.5 Å². The van der Waals surface area contributed by atoms with Crippen LogP contribution in [0.15, 0.2) is 18.2 Å². The number of methoxy groups -OCH3 is 2. The van der Waals surface area contributed by atoms with Crippen LogP contribution in [0, 0.1) is 0 Å². The highest BCUT2D eigenvalue weighted by Gasteiger charge is 2.23. The van der Waals surface area contributed by atoms with Crippen LogP contribution in [0.4, 0.5) is 0 Å². The summed E-state index contributed by atoms with van der Waals surface area (Å²) in [6.45, 7) is 0. The third kappa shape index (κ3) is 3.12. The van der Waals surface area contributed by atoms with E-state index in [-0.39, 0.29) is 5.91 Å². The van der Waals surface area contributed by atoms with Gasteiger partial charge in [0.15, 0.2) is 0 Å². The fourth-order valence-electron chi connectivity index (χ4n) is 1.70. The molecule has 0 aliphatic heterocycles. The van der Waals surface area contributed by atoms with Gasteiger partial charge in [0.2, 0.25) is 5.91 Å². The zero-order valence-electron chi connectivity index (χ0n) is 10.2. The van der Waals surface area contributed by atoms with E-state index in [1.54, 1.807) is 14.2 Å². The summed E-state index contributed by atoms with van der Waals surface area (Å²) >= 11 is 0. The van der Waals surface area contributed by atoms with Crippen molar-refractivity contribution in [2.75, 3.05) is 14.2 Å². The molecule has 1 saturated carbocycles. The largest absolute Gasteiger partial charge is 0.497 e. The highest BCUT2D eigenvalue weighted by Crippen LogP contribution is 2.25. The number of ether oxygens (including phenoxy) is 2. The number of rotatable bonds is 5. The van der Waals surface area contributed by atoms with E-state index in [0.29, 0.717) is 12.5 Å². The van der Waals surface area contributed by atoms with Crippen molar-refractivity contribution in [3.8, 4) is 11.5 Å². The van der Waals surface area contributed by atoms with Crippen LogP contribution in [-0.2, 0) is 11.2 Å². The maximum Gasteiger partial charge on any atom is 0.224 e. The topological polar surface area (TPSA) is 47.6 Å². The van der Waals surface area contributed by atoms with Gasteiger partial charge in [-0.15, -0.1) is 0 Å². The average molecular weight is 235 g/mol. The predicted octanol–water partition coefficient (Wildman–Crippen LogP) is 1.52. The monoisotopic (exact) mass is 235 g/mol. The second-order valence-corrected chi connectivity index (χ2v) is 4.20. The smallest absolute Gasteiger partial charge is 0.224 e. The lowest BCUT2D eigenvalue weighted by atomic mass is 10.1. The summed E-state index contributed by atoms with van der Waals surface area (Å²) in [5.41, 5.74) is 0.852. The predicted molar refractivity (Wildman–Crippen MR) is 64.4 cm³/mol. The van der Waals surface area contributed by atoms with Gasteiger partial charge in [-0.3, -0.25) is 4.79 Å². The van der Waals surface area contributed by atoms with Crippen LogP contribution in [0.5, 0.6) is 11.5 Å². The number of hydrogen-bond donors (Lipinski definition) is 1. The molecule has 0 saturated heterocycles. The first-order valence-corrected chi connectivity index (χ1v) is 5.73. The van der Waals surface area contributed by atoms with E-state index in [0.717, 1.165) is 29.9 Å². The Balaban J connectivity index is 2.08. The SMILES string of the molecule is COc1ccc(OC)c(CC(=O)NC2CC2)c1. The summed E-state index contributed by atoms with van der Waals surface area (Å²) < 4.78 is 10.4. The lowest BCUT2D eigenvalue weighted by Gasteiger charge is -2.10. The summed E-state index contributed by atoms with van der Waals surface area (Å²) in [4.78, 5) is 11.7. The lowest BCUT2D eigenvalue weighted by molar-refractivity contribution is -0.120. The van der Waals surface area contributed by atoms with Gasteiger partial charge in [0.05, 0.1) is 20.6 Å². The number of carbonyl (C=O) groups is 1. The summed E-state index contributed by atoms with van der Waals surface area (Å²) in [6, 6.07) is 5.87. The molecule has 0 heterocycles. The van der Waals surface area contributed by atoms with E-state index in [2.05, 4.69) is 5.32 Å². The molecule has 1 aliphatic carbocycles. The quantitative estimate of drug-likeness (QED) is 0.841. The van der Waals surface area contributed by atoms with Crippen molar-refractivity contribution in [3.05, 3.63) is 23.8 Å². The van der Waals surface area contributed by atoms with Gasteiger partial charge in [0, 0.05) is 11.6 Å². The zero-order valence-corrected chi connectivity index (χ0v) is 10.2. The van der Waals surface area contributed by atoms with Crippen molar-refractivity contribution in [2.45, 2.75) is 25.3 Å². The minimum Gasteiger partial charge on any atom is -0.497 e. The molecule has 92 valence electrons. The van der Waals surface area contributed by atoms with Crippen LogP contribution >= 0.6 is 0 Å². The van der Waals surface area contributed by atoms with Gasteiger partial charge in [-0.25, -0.2) is 0 Å². The fraction of sp³-hybridized carbons (Fsp3) is 0.462. The molecule has 1 fully saturated rings. The van der Waals surface area contributed by atoms with E-state index < -0.39 is 0 Å². The Hall–Kier alpha value is -1.71. The van der Waals surface area contributed by atoms with Crippen molar-refractivity contribution >= 4 is 5.91 Å². The minimum atomic E-state index is 0.0408.